The molecular formula is C16H10Cl2F3NO. The quantitative estimate of drug-likeness (QED) is 0.703. The fourth-order valence-corrected chi connectivity index (χ4v) is 2.37. The second-order valence-corrected chi connectivity index (χ2v) is 5.32. The van der Waals surface area contributed by atoms with Gasteiger partial charge in [0.2, 0.25) is 5.91 Å². The fraction of sp³-hybridized carbons (Fsp3) is 0.0625. The predicted octanol–water partition coefficient (Wildman–Crippen LogP) is 5.66. The topological polar surface area (TPSA) is 29.1 Å². The smallest absolute Gasteiger partial charge is 0.322 e. The summed E-state index contributed by atoms with van der Waals surface area (Å²) in [6.07, 6.45) is -2.14. The number of para-hydroxylation sites is 1. The molecule has 0 fully saturated rings. The molecule has 23 heavy (non-hydrogen) atoms. The third-order valence-corrected chi connectivity index (χ3v) is 3.55. The molecule has 1 amide bonds. The highest BCUT2D eigenvalue weighted by Crippen LogP contribution is 2.34. The first-order valence-electron chi connectivity index (χ1n) is 6.38. The van der Waals surface area contributed by atoms with Crippen LogP contribution in [0.3, 0.4) is 0 Å². The van der Waals surface area contributed by atoms with E-state index in [1.165, 1.54) is 24.3 Å². The maximum Gasteiger partial charge on any atom is 0.418 e. The van der Waals surface area contributed by atoms with Crippen LogP contribution in [-0.4, -0.2) is 5.91 Å². The zero-order chi connectivity index (χ0) is 17.0. The molecule has 0 aliphatic rings. The van der Waals surface area contributed by atoms with Gasteiger partial charge in [-0.15, -0.1) is 0 Å². The van der Waals surface area contributed by atoms with E-state index in [4.69, 9.17) is 23.2 Å². The van der Waals surface area contributed by atoms with Crippen LogP contribution in [0.25, 0.3) is 6.08 Å². The SMILES string of the molecule is O=C(C=Cc1c(Cl)cccc1Cl)Nc1ccccc1C(F)(F)F. The van der Waals surface area contributed by atoms with E-state index in [0.717, 1.165) is 12.1 Å². The number of rotatable bonds is 3. The number of carbonyl (C=O) groups is 1. The highest BCUT2D eigenvalue weighted by molar-refractivity contribution is 6.37. The minimum absolute atomic E-state index is 0.320. The summed E-state index contributed by atoms with van der Waals surface area (Å²) in [7, 11) is 0. The van der Waals surface area contributed by atoms with Crippen molar-refractivity contribution in [2.75, 3.05) is 5.32 Å². The van der Waals surface area contributed by atoms with E-state index in [9.17, 15) is 18.0 Å². The van der Waals surface area contributed by atoms with Crippen LogP contribution < -0.4 is 5.32 Å². The van der Waals surface area contributed by atoms with Crippen LogP contribution in [0.4, 0.5) is 18.9 Å². The first-order chi connectivity index (χ1) is 10.8. The summed E-state index contributed by atoms with van der Waals surface area (Å²) in [6.45, 7) is 0. The van der Waals surface area contributed by atoms with Gasteiger partial charge in [0.15, 0.2) is 0 Å². The Morgan fingerprint density at radius 3 is 2.22 bits per heavy atom. The average Bonchev–Trinajstić information content (AvgIpc) is 2.46. The molecule has 0 heterocycles. The Hall–Kier alpha value is -1.98. The first-order valence-corrected chi connectivity index (χ1v) is 7.14. The van der Waals surface area contributed by atoms with Crippen molar-refractivity contribution in [3.8, 4) is 0 Å². The van der Waals surface area contributed by atoms with E-state index in [0.29, 0.717) is 15.6 Å². The molecular weight excluding hydrogens is 350 g/mol. The molecule has 2 nitrogen and oxygen atoms in total. The second-order valence-electron chi connectivity index (χ2n) is 4.50. The molecule has 0 bridgehead atoms. The predicted molar refractivity (Wildman–Crippen MR) is 85.6 cm³/mol. The molecule has 2 aromatic rings. The minimum atomic E-state index is -4.56. The van der Waals surface area contributed by atoms with E-state index in [2.05, 4.69) is 5.32 Å². The Kier molecular flexibility index (Phi) is 5.34. The van der Waals surface area contributed by atoms with Gasteiger partial charge in [-0.3, -0.25) is 4.79 Å². The molecule has 2 aromatic carbocycles. The lowest BCUT2D eigenvalue weighted by molar-refractivity contribution is -0.136. The van der Waals surface area contributed by atoms with E-state index in [1.807, 2.05) is 0 Å². The molecule has 0 atom stereocenters. The van der Waals surface area contributed by atoms with Crippen molar-refractivity contribution in [2.24, 2.45) is 0 Å². The molecule has 0 aliphatic heterocycles. The number of amides is 1. The van der Waals surface area contributed by atoms with Gasteiger partial charge in [0, 0.05) is 21.7 Å². The maximum atomic E-state index is 12.9. The Bertz CT molecular complexity index is 737. The lowest BCUT2D eigenvalue weighted by Crippen LogP contribution is -2.14. The molecule has 2 rings (SSSR count). The minimum Gasteiger partial charge on any atom is -0.322 e. The number of carbonyl (C=O) groups excluding carboxylic acids is 1. The number of halogens is 5. The molecule has 0 aromatic heterocycles. The standard InChI is InChI=1S/C16H10Cl2F3NO/c17-12-5-3-6-13(18)10(12)8-9-15(23)22-14-7-2-1-4-11(14)16(19,20)21/h1-9H,(H,22,23). The van der Waals surface area contributed by atoms with Crippen LogP contribution in [0.1, 0.15) is 11.1 Å². The number of anilines is 1. The molecule has 0 radical (unpaired) electrons. The zero-order valence-electron chi connectivity index (χ0n) is 11.5. The van der Waals surface area contributed by atoms with E-state index < -0.39 is 17.6 Å². The molecule has 0 aliphatic carbocycles. The summed E-state index contributed by atoms with van der Waals surface area (Å²) in [6, 6.07) is 9.54. The van der Waals surface area contributed by atoms with Crippen molar-refractivity contribution >= 4 is 40.9 Å². The van der Waals surface area contributed by atoms with Crippen LogP contribution in [0.2, 0.25) is 10.0 Å². The van der Waals surface area contributed by atoms with Gasteiger partial charge in [-0.05, 0) is 30.3 Å². The summed E-state index contributed by atoms with van der Waals surface area (Å²) in [5.41, 5.74) is -0.826. The highest BCUT2D eigenvalue weighted by atomic mass is 35.5. The lowest BCUT2D eigenvalue weighted by Gasteiger charge is -2.12. The van der Waals surface area contributed by atoms with Crippen molar-refractivity contribution in [2.45, 2.75) is 6.18 Å². The Labute approximate surface area is 140 Å². The fourth-order valence-electron chi connectivity index (χ4n) is 1.84. The first kappa shape index (κ1) is 17.4. The van der Waals surface area contributed by atoms with Gasteiger partial charge in [-0.2, -0.15) is 13.2 Å². The lowest BCUT2D eigenvalue weighted by atomic mass is 10.1. The molecule has 120 valence electrons. The van der Waals surface area contributed by atoms with Gasteiger partial charge < -0.3 is 5.32 Å². The van der Waals surface area contributed by atoms with Crippen LogP contribution in [-0.2, 0) is 11.0 Å². The van der Waals surface area contributed by atoms with Gasteiger partial charge in [-0.25, -0.2) is 0 Å². The van der Waals surface area contributed by atoms with Crippen molar-refractivity contribution in [3.63, 3.8) is 0 Å². The van der Waals surface area contributed by atoms with E-state index >= 15 is 0 Å². The molecule has 0 spiro atoms. The average molecular weight is 360 g/mol. The third kappa shape index (κ3) is 4.50. The summed E-state index contributed by atoms with van der Waals surface area (Å²) in [4.78, 5) is 11.8. The van der Waals surface area contributed by atoms with Crippen molar-refractivity contribution in [3.05, 3.63) is 69.7 Å². The van der Waals surface area contributed by atoms with Crippen LogP contribution in [0.5, 0.6) is 0 Å². The van der Waals surface area contributed by atoms with Gasteiger partial charge >= 0.3 is 6.18 Å². The van der Waals surface area contributed by atoms with Gasteiger partial charge in [0.25, 0.3) is 0 Å². The maximum absolute atomic E-state index is 12.9. The zero-order valence-corrected chi connectivity index (χ0v) is 13.0. The number of benzene rings is 2. The Morgan fingerprint density at radius 1 is 1.00 bits per heavy atom. The number of hydrogen-bond donors (Lipinski definition) is 1. The van der Waals surface area contributed by atoms with Crippen LogP contribution >= 0.6 is 23.2 Å². The van der Waals surface area contributed by atoms with Gasteiger partial charge in [0.05, 0.1) is 11.3 Å². The normalized spacial score (nSPS) is 11.7. The monoisotopic (exact) mass is 359 g/mol. The Morgan fingerprint density at radius 2 is 1.61 bits per heavy atom. The molecule has 1 N–H and O–H groups in total. The van der Waals surface area contributed by atoms with E-state index in [-0.39, 0.29) is 5.69 Å². The molecule has 0 saturated carbocycles. The molecule has 0 saturated heterocycles. The van der Waals surface area contributed by atoms with Crippen LogP contribution in [0.15, 0.2) is 48.5 Å². The van der Waals surface area contributed by atoms with Gasteiger partial charge in [0.1, 0.15) is 0 Å². The third-order valence-electron chi connectivity index (χ3n) is 2.89. The van der Waals surface area contributed by atoms with Crippen molar-refractivity contribution < 1.29 is 18.0 Å². The largest absolute Gasteiger partial charge is 0.418 e. The summed E-state index contributed by atoms with van der Waals surface area (Å²) >= 11 is 11.9. The summed E-state index contributed by atoms with van der Waals surface area (Å²) in [5.74, 6) is -0.724. The summed E-state index contributed by atoms with van der Waals surface area (Å²) in [5, 5.41) is 2.86. The van der Waals surface area contributed by atoms with Crippen molar-refractivity contribution in [1.29, 1.82) is 0 Å². The number of nitrogens with one attached hydrogen (secondary N) is 1. The number of alkyl halides is 3. The van der Waals surface area contributed by atoms with Gasteiger partial charge in [-0.1, -0.05) is 41.4 Å². The van der Waals surface area contributed by atoms with E-state index in [1.54, 1.807) is 18.2 Å². The number of hydrogen-bond acceptors (Lipinski definition) is 1. The molecule has 0 unspecified atom stereocenters. The summed E-state index contributed by atoms with van der Waals surface area (Å²) < 4.78 is 38.6. The molecule has 7 heteroatoms. The second kappa shape index (κ2) is 7.06. The van der Waals surface area contributed by atoms with Crippen LogP contribution in [0, 0.1) is 0 Å². The highest BCUT2D eigenvalue weighted by Gasteiger charge is 2.33. The Balaban J connectivity index is 2.20. The van der Waals surface area contributed by atoms with Crippen molar-refractivity contribution in [1.82, 2.24) is 0 Å².